The van der Waals surface area contributed by atoms with Crippen LogP contribution in [-0.2, 0) is 12.7 Å². The molecule has 0 spiro atoms. The second-order valence-electron chi connectivity index (χ2n) is 8.68. The van der Waals surface area contributed by atoms with E-state index in [0.717, 1.165) is 11.6 Å². The lowest BCUT2D eigenvalue weighted by molar-refractivity contribution is -0.138. The Labute approximate surface area is 196 Å². The number of anilines is 1. The molecule has 1 fully saturated rings. The smallest absolute Gasteiger partial charge is 0.305 e. The average Bonchev–Trinajstić information content (AvgIpc) is 2.81. The lowest BCUT2D eigenvalue weighted by Gasteiger charge is -2.39. The second-order valence-corrected chi connectivity index (χ2v) is 8.68. The third-order valence-corrected chi connectivity index (χ3v) is 6.23. The first-order chi connectivity index (χ1) is 16.2. The third kappa shape index (κ3) is 5.47. The fourth-order valence-corrected chi connectivity index (χ4v) is 4.52. The number of hydrogen-bond acceptors (Lipinski definition) is 2. The van der Waals surface area contributed by atoms with Crippen molar-refractivity contribution in [3.05, 3.63) is 101 Å². The summed E-state index contributed by atoms with van der Waals surface area (Å²) < 4.78 is 53.7. The zero-order valence-electron chi connectivity index (χ0n) is 18.9. The fraction of sp³-hybridized carbons (Fsp3) is 0.296. The minimum atomic E-state index is -4.39. The summed E-state index contributed by atoms with van der Waals surface area (Å²) in [7, 11) is 0. The summed E-state index contributed by atoms with van der Waals surface area (Å²) in [5, 5.41) is 0. The molecule has 178 valence electrons. The standard InChI is InChI=1S/C27H26F4N2O/c1-19-5-4-7-20(17-19)26(34)33(23-11-9-22(28)10-12-23)24-13-15-32(16-14-24)18-21-6-2-3-8-25(21)27(29,30)31/h2-12,17,24H,13-16,18H2,1H3. The number of carbonyl (C=O) groups is 1. The number of piperidine rings is 1. The van der Waals surface area contributed by atoms with E-state index >= 15 is 0 Å². The maximum absolute atomic E-state index is 13.6. The van der Waals surface area contributed by atoms with Gasteiger partial charge in [0.2, 0.25) is 0 Å². The van der Waals surface area contributed by atoms with Gasteiger partial charge < -0.3 is 4.90 Å². The molecule has 34 heavy (non-hydrogen) atoms. The molecule has 0 atom stereocenters. The number of hydrogen-bond donors (Lipinski definition) is 0. The highest BCUT2D eigenvalue weighted by molar-refractivity contribution is 6.06. The molecule has 0 unspecified atom stereocenters. The van der Waals surface area contributed by atoms with E-state index in [9.17, 15) is 22.4 Å². The van der Waals surface area contributed by atoms with Crippen molar-refractivity contribution in [2.24, 2.45) is 0 Å². The molecule has 0 aromatic heterocycles. The van der Waals surface area contributed by atoms with Crippen molar-refractivity contribution in [2.45, 2.75) is 38.5 Å². The van der Waals surface area contributed by atoms with E-state index in [0.29, 0.717) is 37.2 Å². The Hall–Kier alpha value is -3.19. The molecule has 1 heterocycles. The number of benzene rings is 3. The Morgan fingerprint density at radius 3 is 2.29 bits per heavy atom. The lowest BCUT2D eigenvalue weighted by atomic mass is 9.99. The molecule has 1 amide bonds. The number of carbonyl (C=O) groups excluding carboxylic acids is 1. The van der Waals surface area contributed by atoms with Gasteiger partial charge in [-0.3, -0.25) is 9.69 Å². The highest BCUT2D eigenvalue weighted by Gasteiger charge is 2.34. The van der Waals surface area contributed by atoms with E-state index in [-0.39, 0.29) is 29.9 Å². The number of halogens is 4. The van der Waals surface area contributed by atoms with Crippen LogP contribution in [0.2, 0.25) is 0 Å². The highest BCUT2D eigenvalue weighted by Crippen LogP contribution is 2.33. The molecular weight excluding hydrogens is 444 g/mol. The van der Waals surface area contributed by atoms with Crippen LogP contribution in [0.1, 0.15) is 39.9 Å². The molecule has 1 aliphatic rings. The molecule has 0 saturated carbocycles. The Morgan fingerprint density at radius 1 is 0.971 bits per heavy atom. The maximum Gasteiger partial charge on any atom is 0.416 e. The first-order valence-corrected chi connectivity index (χ1v) is 11.3. The van der Waals surface area contributed by atoms with Gasteiger partial charge in [-0.2, -0.15) is 13.2 Å². The zero-order chi connectivity index (χ0) is 24.3. The maximum atomic E-state index is 13.6. The molecule has 0 bridgehead atoms. The van der Waals surface area contributed by atoms with Crippen molar-refractivity contribution >= 4 is 11.6 Å². The first kappa shape index (κ1) is 24.0. The summed E-state index contributed by atoms with van der Waals surface area (Å²) in [6.07, 6.45) is -3.19. The van der Waals surface area contributed by atoms with Gasteiger partial charge in [0, 0.05) is 36.9 Å². The Bertz CT molecular complexity index is 1140. The van der Waals surface area contributed by atoms with Crippen molar-refractivity contribution in [3.8, 4) is 0 Å². The molecule has 3 nitrogen and oxygen atoms in total. The van der Waals surface area contributed by atoms with Crippen molar-refractivity contribution < 1.29 is 22.4 Å². The Balaban J connectivity index is 1.53. The van der Waals surface area contributed by atoms with Gasteiger partial charge in [-0.25, -0.2) is 4.39 Å². The SMILES string of the molecule is Cc1cccc(C(=O)N(c2ccc(F)cc2)C2CCN(Cc3ccccc3C(F)(F)F)CC2)c1. The van der Waals surface area contributed by atoms with E-state index in [1.165, 1.54) is 24.3 Å². The van der Waals surface area contributed by atoms with Crippen LogP contribution in [0, 0.1) is 12.7 Å². The molecule has 1 aliphatic heterocycles. The summed E-state index contributed by atoms with van der Waals surface area (Å²) in [6, 6.07) is 18.7. The minimum Gasteiger partial charge on any atom is -0.305 e. The highest BCUT2D eigenvalue weighted by atomic mass is 19.4. The van der Waals surface area contributed by atoms with Crippen LogP contribution in [0.4, 0.5) is 23.2 Å². The molecule has 0 N–H and O–H groups in total. The first-order valence-electron chi connectivity index (χ1n) is 11.3. The largest absolute Gasteiger partial charge is 0.416 e. The topological polar surface area (TPSA) is 23.6 Å². The Kier molecular flexibility index (Phi) is 7.03. The van der Waals surface area contributed by atoms with E-state index in [2.05, 4.69) is 0 Å². The van der Waals surface area contributed by atoms with Crippen LogP contribution in [0.15, 0.2) is 72.8 Å². The van der Waals surface area contributed by atoms with Gasteiger partial charge in [-0.1, -0.05) is 35.9 Å². The fourth-order valence-electron chi connectivity index (χ4n) is 4.52. The van der Waals surface area contributed by atoms with Gasteiger partial charge in [0.15, 0.2) is 0 Å². The van der Waals surface area contributed by atoms with Crippen LogP contribution in [0.25, 0.3) is 0 Å². The summed E-state index contributed by atoms with van der Waals surface area (Å²) >= 11 is 0. The summed E-state index contributed by atoms with van der Waals surface area (Å²) in [4.78, 5) is 17.2. The molecular formula is C27H26F4N2O. The van der Waals surface area contributed by atoms with Crippen molar-refractivity contribution in [1.29, 1.82) is 0 Å². The zero-order valence-corrected chi connectivity index (χ0v) is 18.9. The predicted molar refractivity (Wildman–Crippen MR) is 124 cm³/mol. The van der Waals surface area contributed by atoms with E-state index < -0.39 is 11.7 Å². The number of rotatable bonds is 5. The number of likely N-dealkylation sites (tertiary alicyclic amines) is 1. The monoisotopic (exact) mass is 470 g/mol. The second kappa shape index (κ2) is 9.97. The van der Waals surface area contributed by atoms with E-state index in [4.69, 9.17) is 0 Å². The van der Waals surface area contributed by atoms with E-state index in [1.807, 2.05) is 30.0 Å². The molecule has 3 aromatic carbocycles. The van der Waals surface area contributed by atoms with Crippen LogP contribution < -0.4 is 4.90 Å². The molecule has 7 heteroatoms. The molecule has 4 rings (SSSR count). The van der Waals surface area contributed by atoms with Crippen LogP contribution in [0.3, 0.4) is 0 Å². The van der Waals surface area contributed by atoms with Gasteiger partial charge in [0.1, 0.15) is 5.82 Å². The van der Waals surface area contributed by atoms with Crippen LogP contribution >= 0.6 is 0 Å². The summed E-state index contributed by atoms with van der Waals surface area (Å²) in [5.41, 5.74) is 1.75. The lowest BCUT2D eigenvalue weighted by Crippen LogP contribution is -2.47. The van der Waals surface area contributed by atoms with Gasteiger partial charge in [-0.05, 0) is 67.8 Å². The normalized spacial score (nSPS) is 15.3. The predicted octanol–water partition coefficient (Wildman–Crippen LogP) is 6.46. The van der Waals surface area contributed by atoms with Crippen molar-refractivity contribution in [3.63, 3.8) is 0 Å². The number of amides is 1. The molecule has 0 aliphatic carbocycles. The number of nitrogens with zero attached hydrogens (tertiary/aromatic N) is 2. The third-order valence-electron chi connectivity index (χ3n) is 6.23. The van der Waals surface area contributed by atoms with Crippen molar-refractivity contribution in [1.82, 2.24) is 4.90 Å². The van der Waals surface area contributed by atoms with Crippen LogP contribution in [-0.4, -0.2) is 29.9 Å². The van der Waals surface area contributed by atoms with Gasteiger partial charge in [0.05, 0.1) is 5.56 Å². The minimum absolute atomic E-state index is 0.146. The van der Waals surface area contributed by atoms with Gasteiger partial charge >= 0.3 is 6.18 Å². The quantitative estimate of drug-likeness (QED) is 0.400. The Morgan fingerprint density at radius 2 is 1.65 bits per heavy atom. The van der Waals surface area contributed by atoms with E-state index in [1.54, 1.807) is 29.2 Å². The molecule has 0 radical (unpaired) electrons. The van der Waals surface area contributed by atoms with Gasteiger partial charge in [0.25, 0.3) is 5.91 Å². The summed E-state index contributed by atoms with van der Waals surface area (Å²) in [5.74, 6) is -0.555. The molecule has 1 saturated heterocycles. The average molecular weight is 471 g/mol. The van der Waals surface area contributed by atoms with Gasteiger partial charge in [-0.15, -0.1) is 0 Å². The number of aryl methyl sites for hydroxylation is 1. The summed E-state index contributed by atoms with van der Waals surface area (Å²) in [6.45, 7) is 3.21. The molecule has 3 aromatic rings. The van der Waals surface area contributed by atoms with Crippen LogP contribution in [0.5, 0.6) is 0 Å². The number of alkyl halides is 3. The van der Waals surface area contributed by atoms with Crippen molar-refractivity contribution in [2.75, 3.05) is 18.0 Å².